The van der Waals surface area contributed by atoms with Gasteiger partial charge in [-0.2, -0.15) is 0 Å². The molecule has 0 bridgehead atoms. The van der Waals surface area contributed by atoms with E-state index >= 15 is 0 Å². The third-order valence-electron chi connectivity index (χ3n) is 6.69. The molecule has 2 rings (SSSR count). The summed E-state index contributed by atoms with van der Waals surface area (Å²) in [5.74, 6) is 1.04. The first kappa shape index (κ1) is 34.2. The summed E-state index contributed by atoms with van der Waals surface area (Å²) in [6, 6.07) is -0.506. The fraction of sp³-hybridized carbons (Fsp3) is 0.800. The van der Waals surface area contributed by atoms with Crippen LogP contribution in [-0.4, -0.2) is 72.7 Å². The van der Waals surface area contributed by atoms with Gasteiger partial charge in [0.2, 0.25) is 0 Å². The van der Waals surface area contributed by atoms with E-state index in [1.165, 1.54) is 38.5 Å². The minimum atomic E-state index is -0.253. The fourth-order valence-electron chi connectivity index (χ4n) is 4.37. The summed E-state index contributed by atoms with van der Waals surface area (Å²) in [4.78, 5) is 24.6. The number of thioether (sulfide) groups is 2. The number of hydrogen-bond acceptors (Lipinski definition) is 9. The molecule has 224 valence electrons. The largest absolute Gasteiger partial charge is 0.462 e. The van der Waals surface area contributed by atoms with Gasteiger partial charge in [-0.05, 0) is 51.4 Å². The number of esters is 2. The lowest BCUT2D eigenvalue weighted by atomic mass is 10.2. The van der Waals surface area contributed by atoms with Crippen molar-refractivity contribution in [2.24, 2.45) is 0 Å². The first-order valence-corrected chi connectivity index (χ1v) is 17.2. The topological polar surface area (TPSA) is 85.9 Å². The van der Waals surface area contributed by atoms with Gasteiger partial charge in [0.15, 0.2) is 0 Å². The second-order valence-corrected chi connectivity index (χ2v) is 12.6. The molecule has 2 aliphatic heterocycles. The number of carbonyl (C=O) groups is 2. The summed E-state index contributed by atoms with van der Waals surface area (Å²) < 4.78 is 16.2. The predicted octanol–water partition coefficient (Wildman–Crippen LogP) is 5.99. The van der Waals surface area contributed by atoms with E-state index in [0.29, 0.717) is 24.0 Å². The van der Waals surface area contributed by atoms with Crippen LogP contribution in [0.25, 0.3) is 0 Å². The minimum Gasteiger partial charge on any atom is -0.462 e. The normalized spacial score (nSPS) is 23.2. The van der Waals surface area contributed by atoms with Crippen LogP contribution < -0.4 is 10.6 Å². The highest BCUT2D eigenvalue weighted by Gasteiger charge is 2.31. The second kappa shape index (κ2) is 22.7. The van der Waals surface area contributed by atoms with Crippen LogP contribution in [0.15, 0.2) is 24.3 Å². The number of allylic oxidation sites excluding steroid dienone is 4. The molecule has 4 unspecified atom stereocenters. The summed E-state index contributed by atoms with van der Waals surface area (Å²) in [6.45, 7) is 5.44. The molecule has 7 nitrogen and oxygen atoms in total. The summed E-state index contributed by atoms with van der Waals surface area (Å²) in [6.07, 6.45) is 23.1. The van der Waals surface area contributed by atoms with Crippen LogP contribution in [0.3, 0.4) is 0 Å². The van der Waals surface area contributed by atoms with Gasteiger partial charge in [-0.25, -0.2) is 0 Å². The number of rotatable bonds is 22. The molecular formula is C30H52N2O5S2. The Morgan fingerprint density at radius 2 is 1.10 bits per heavy atom. The van der Waals surface area contributed by atoms with E-state index in [-0.39, 0.29) is 37.2 Å². The van der Waals surface area contributed by atoms with Gasteiger partial charge in [-0.15, -0.1) is 23.5 Å². The van der Waals surface area contributed by atoms with E-state index < -0.39 is 0 Å². The Kier molecular flexibility index (Phi) is 19.9. The van der Waals surface area contributed by atoms with E-state index in [2.05, 4.69) is 48.8 Å². The van der Waals surface area contributed by atoms with Crippen molar-refractivity contribution in [3.63, 3.8) is 0 Å². The van der Waals surface area contributed by atoms with Crippen LogP contribution in [0.5, 0.6) is 0 Å². The predicted molar refractivity (Wildman–Crippen MR) is 164 cm³/mol. The highest BCUT2D eigenvalue weighted by Crippen LogP contribution is 2.24. The fourth-order valence-corrected chi connectivity index (χ4v) is 6.81. The number of hydrogen-bond donors (Lipinski definition) is 2. The van der Waals surface area contributed by atoms with Gasteiger partial charge in [0, 0.05) is 11.5 Å². The van der Waals surface area contributed by atoms with E-state index in [1.54, 1.807) is 23.5 Å². The van der Waals surface area contributed by atoms with Crippen molar-refractivity contribution < 1.29 is 23.8 Å². The van der Waals surface area contributed by atoms with Gasteiger partial charge in [0.25, 0.3) is 0 Å². The maximum atomic E-state index is 12.3. The van der Waals surface area contributed by atoms with Crippen molar-refractivity contribution in [2.75, 3.05) is 37.9 Å². The highest BCUT2D eigenvalue weighted by atomic mass is 32.2. The summed E-state index contributed by atoms with van der Waals surface area (Å²) >= 11 is 3.57. The molecule has 0 aromatic heterocycles. The van der Waals surface area contributed by atoms with Crippen LogP contribution >= 0.6 is 23.5 Å². The van der Waals surface area contributed by atoms with Crippen molar-refractivity contribution in [2.45, 2.75) is 114 Å². The van der Waals surface area contributed by atoms with Gasteiger partial charge in [-0.1, -0.05) is 63.8 Å². The monoisotopic (exact) mass is 584 g/mol. The number of carbonyl (C=O) groups excluding carboxylic acids is 2. The number of nitrogens with one attached hydrogen (secondary N) is 2. The van der Waals surface area contributed by atoms with Crippen molar-refractivity contribution in [3.8, 4) is 0 Å². The summed E-state index contributed by atoms with van der Waals surface area (Å²) in [7, 11) is 0. The molecule has 0 aromatic carbocycles. The molecular weight excluding hydrogens is 532 g/mol. The van der Waals surface area contributed by atoms with Crippen molar-refractivity contribution in [1.82, 2.24) is 10.6 Å². The third-order valence-corrected chi connectivity index (χ3v) is 9.29. The van der Waals surface area contributed by atoms with Gasteiger partial charge >= 0.3 is 11.9 Å². The molecule has 2 fully saturated rings. The maximum absolute atomic E-state index is 12.3. The van der Waals surface area contributed by atoms with Crippen LogP contribution in [0.1, 0.15) is 90.9 Å². The Morgan fingerprint density at radius 3 is 1.54 bits per heavy atom. The van der Waals surface area contributed by atoms with Gasteiger partial charge < -0.3 is 14.2 Å². The van der Waals surface area contributed by atoms with Crippen LogP contribution in [0.2, 0.25) is 0 Å². The first-order valence-electron chi connectivity index (χ1n) is 15.1. The molecule has 0 amide bonds. The quantitative estimate of drug-likeness (QED) is 0.0906. The zero-order valence-corrected chi connectivity index (χ0v) is 25.8. The SMILES string of the molecule is CCCCCC=CCCC1NC(C(=O)OCCOCCOC(=O)C2CSC(CCC=CCCCCC)N2)CS1. The molecule has 2 aliphatic rings. The Bertz CT molecular complexity index is 663. The molecule has 2 saturated heterocycles. The Morgan fingerprint density at radius 1 is 0.667 bits per heavy atom. The van der Waals surface area contributed by atoms with Gasteiger partial charge in [0.05, 0.1) is 24.0 Å². The van der Waals surface area contributed by atoms with Crippen molar-refractivity contribution >= 4 is 35.5 Å². The van der Waals surface area contributed by atoms with E-state index in [9.17, 15) is 9.59 Å². The molecule has 9 heteroatoms. The highest BCUT2D eigenvalue weighted by molar-refractivity contribution is 8.00. The average molecular weight is 585 g/mol. The average Bonchev–Trinajstić information content (AvgIpc) is 3.61. The molecule has 0 spiro atoms. The minimum absolute atomic E-state index is 0.205. The molecule has 39 heavy (non-hydrogen) atoms. The van der Waals surface area contributed by atoms with Gasteiger partial charge in [-0.3, -0.25) is 20.2 Å². The van der Waals surface area contributed by atoms with E-state index in [1.807, 2.05) is 0 Å². The zero-order valence-electron chi connectivity index (χ0n) is 24.2. The lowest BCUT2D eigenvalue weighted by Gasteiger charge is -2.13. The first-order chi connectivity index (χ1) is 19.1. The van der Waals surface area contributed by atoms with Crippen molar-refractivity contribution in [3.05, 3.63) is 24.3 Å². The summed E-state index contributed by atoms with van der Waals surface area (Å²) in [5.41, 5.74) is 0. The molecule has 0 radical (unpaired) electrons. The molecule has 0 saturated carbocycles. The van der Waals surface area contributed by atoms with Crippen molar-refractivity contribution in [1.29, 1.82) is 0 Å². The molecule has 4 atom stereocenters. The standard InChI is InChI=1S/C30H52N2O5S2/c1-3-5-7-9-11-13-15-17-27-31-25(23-38-27)29(33)36-21-19-35-20-22-37-30(34)26-24-39-28(32-26)18-16-14-12-10-8-6-4-2/h11-14,25-28,31-32H,3-10,15-24H2,1-2H3. The molecule has 2 N–H and O–H groups in total. The zero-order chi connectivity index (χ0) is 28.0. The lowest BCUT2D eigenvalue weighted by Crippen LogP contribution is -2.38. The smallest absolute Gasteiger partial charge is 0.324 e. The lowest BCUT2D eigenvalue weighted by molar-refractivity contribution is -0.148. The Labute approximate surface area is 245 Å². The number of ether oxygens (including phenoxy) is 3. The maximum Gasteiger partial charge on any atom is 0.324 e. The molecule has 2 heterocycles. The third kappa shape index (κ3) is 16.1. The molecule has 0 aromatic rings. The van der Waals surface area contributed by atoms with Gasteiger partial charge in [0.1, 0.15) is 25.3 Å². The number of unbranched alkanes of at least 4 members (excludes halogenated alkanes) is 6. The van der Waals surface area contributed by atoms with Crippen LogP contribution in [0.4, 0.5) is 0 Å². The Hall–Kier alpha value is -1.00. The van der Waals surface area contributed by atoms with Crippen LogP contribution in [-0.2, 0) is 23.8 Å². The van der Waals surface area contributed by atoms with Crippen LogP contribution in [0, 0.1) is 0 Å². The second-order valence-electron chi connectivity index (χ2n) is 10.1. The van der Waals surface area contributed by atoms with E-state index in [4.69, 9.17) is 14.2 Å². The Balaban J connectivity index is 1.42. The van der Waals surface area contributed by atoms with E-state index in [0.717, 1.165) is 50.0 Å². The molecule has 0 aliphatic carbocycles. The summed E-state index contributed by atoms with van der Waals surface area (Å²) in [5, 5.41) is 7.35.